The van der Waals surface area contributed by atoms with Gasteiger partial charge in [-0.05, 0) is 36.2 Å². The number of carbonyl (C=O) groups excluding carboxylic acids is 1. The molecule has 0 atom stereocenters. The Morgan fingerprint density at radius 3 is 2.72 bits per heavy atom. The van der Waals surface area contributed by atoms with Crippen molar-refractivity contribution in [1.82, 2.24) is 0 Å². The van der Waals surface area contributed by atoms with Crippen LogP contribution < -0.4 is 15.1 Å². The summed E-state index contributed by atoms with van der Waals surface area (Å²) in [6.45, 7) is 1.66. The quantitative estimate of drug-likeness (QED) is 0.392. The fraction of sp³-hybridized carbons (Fsp3) is 0.158. The van der Waals surface area contributed by atoms with E-state index in [1.165, 1.54) is 12.1 Å². The standard InChI is InChI=1S/C19H15ClO5/c1-2-12-9-18(21)25-17-10-13(7-8-14(12)17)24-19(22)11-23-16-6-4-3-5-15(16)20/h3-10H,2,11H2,1H3. The zero-order valence-electron chi connectivity index (χ0n) is 13.5. The maximum Gasteiger partial charge on any atom is 0.349 e. The number of ether oxygens (including phenoxy) is 2. The molecule has 0 unspecified atom stereocenters. The number of halogens is 1. The largest absolute Gasteiger partial charge is 0.480 e. The van der Waals surface area contributed by atoms with E-state index in [2.05, 4.69) is 0 Å². The molecule has 0 N–H and O–H groups in total. The molecule has 1 aromatic heterocycles. The van der Waals surface area contributed by atoms with E-state index in [0.717, 1.165) is 10.9 Å². The van der Waals surface area contributed by atoms with Crippen LogP contribution in [0.1, 0.15) is 12.5 Å². The Hall–Kier alpha value is -2.79. The number of hydrogen-bond acceptors (Lipinski definition) is 5. The van der Waals surface area contributed by atoms with Crippen LogP contribution in [0.15, 0.2) is 57.7 Å². The predicted molar refractivity (Wildman–Crippen MR) is 94.4 cm³/mol. The van der Waals surface area contributed by atoms with Gasteiger partial charge in [-0.3, -0.25) is 0 Å². The first-order valence-electron chi connectivity index (χ1n) is 7.71. The number of carbonyl (C=O) groups is 1. The number of fused-ring (bicyclic) bond motifs is 1. The molecule has 5 nitrogen and oxygen atoms in total. The Morgan fingerprint density at radius 2 is 1.96 bits per heavy atom. The summed E-state index contributed by atoms with van der Waals surface area (Å²) in [4.78, 5) is 23.5. The van der Waals surface area contributed by atoms with Gasteiger partial charge < -0.3 is 13.9 Å². The van der Waals surface area contributed by atoms with Gasteiger partial charge in [0, 0.05) is 17.5 Å². The average molecular weight is 359 g/mol. The Kier molecular flexibility index (Phi) is 5.05. The summed E-state index contributed by atoms with van der Waals surface area (Å²) < 4.78 is 15.7. The van der Waals surface area contributed by atoms with Crippen LogP contribution in [-0.4, -0.2) is 12.6 Å². The van der Waals surface area contributed by atoms with Crippen LogP contribution in [0, 0.1) is 0 Å². The van der Waals surface area contributed by atoms with Gasteiger partial charge in [-0.15, -0.1) is 0 Å². The number of benzene rings is 2. The Balaban J connectivity index is 1.73. The number of rotatable bonds is 5. The molecule has 0 aliphatic carbocycles. The molecule has 0 aliphatic rings. The van der Waals surface area contributed by atoms with Gasteiger partial charge in [0.1, 0.15) is 17.1 Å². The molecule has 25 heavy (non-hydrogen) atoms. The highest BCUT2D eigenvalue weighted by Gasteiger charge is 2.10. The first-order valence-corrected chi connectivity index (χ1v) is 8.09. The second-order valence-corrected chi connectivity index (χ2v) is 5.70. The van der Waals surface area contributed by atoms with E-state index in [1.54, 1.807) is 36.4 Å². The molecule has 0 saturated carbocycles. The molecule has 3 rings (SSSR count). The van der Waals surface area contributed by atoms with Crippen LogP contribution >= 0.6 is 11.6 Å². The third-order valence-corrected chi connectivity index (χ3v) is 3.91. The SMILES string of the molecule is CCc1cc(=O)oc2cc(OC(=O)COc3ccccc3Cl)ccc12. The lowest BCUT2D eigenvalue weighted by atomic mass is 10.1. The summed E-state index contributed by atoms with van der Waals surface area (Å²) in [5, 5.41) is 1.23. The highest BCUT2D eigenvalue weighted by Crippen LogP contribution is 2.24. The van der Waals surface area contributed by atoms with Crippen LogP contribution in [0.4, 0.5) is 0 Å². The number of aryl methyl sites for hydroxylation is 1. The predicted octanol–water partition coefficient (Wildman–Crippen LogP) is 3.99. The van der Waals surface area contributed by atoms with Crippen molar-refractivity contribution in [3.63, 3.8) is 0 Å². The molecule has 0 saturated heterocycles. The summed E-state index contributed by atoms with van der Waals surface area (Å²) in [6.07, 6.45) is 0.701. The van der Waals surface area contributed by atoms with Crippen molar-refractivity contribution >= 4 is 28.5 Å². The highest BCUT2D eigenvalue weighted by molar-refractivity contribution is 6.32. The molecule has 0 fully saturated rings. The van der Waals surface area contributed by atoms with Crippen LogP contribution in [0.25, 0.3) is 11.0 Å². The lowest BCUT2D eigenvalue weighted by Crippen LogP contribution is -2.17. The van der Waals surface area contributed by atoms with Gasteiger partial charge in [-0.25, -0.2) is 9.59 Å². The van der Waals surface area contributed by atoms with Crippen molar-refractivity contribution in [3.05, 3.63) is 69.5 Å². The van der Waals surface area contributed by atoms with E-state index in [0.29, 0.717) is 22.8 Å². The van der Waals surface area contributed by atoms with Crippen molar-refractivity contribution in [2.75, 3.05) is 6.61 Å². The molecule has 0 amide bonds. The van der Waals surface area contributed by atoms with Crippen molar-refractivity contribution in [3.8, 4) is 11.5 Å². The first-order chi connectivity index (χ1) is 12.1. The monoisotopic (exact) mass is 358 g/mol. The first kappa shape index (κ1) is 17.0. The van der Waals surface area contributed by atoms with E-state index < -0.39 is 11.6 Å². The van der Waals surface area contributed by atoms with Crippen molar-refractivity contribution < 1.29 is 18.7 Å². The molecular formula is C19H15ClO5. The second kappa shape index (κ2) is 7.40. The fourth-order valence-corrected chi connectivity index (χ4v) is 2.62. The van der Waals surface area contributed by atoms with E-state index in [1.807, 2.05) is 6.92 Å². The van der Waals surface area contributed by atoms with Gasteiger partial charge in [0.05, 0.1) is 5.02 Å². The average Bonchev–Trinajstić information content (AvgIpc) is 2.60. The fourth-order valence-electron chi connectivity index (χ4n) is 2.43. The van der Waals surface area contributed by atoms with Gasteiger partial charge in [-0.2, -0.15) is 0 Å². The summed E-state index contributed by atoms with van der Waals surface area (Å²) in [5.41, 5.74) is 0.822. The van der Waals surface area contributed by atoms with Crippen molar-refractivity contribution in [2.45, 2.75) is 13.3 Å². The topological polar surface area (TPSA) is 65.7 Å². The molecule has 2 aromatic carbocycles. The Morgan fingerprint density at radius 1 is 1.16 bits per heavy atom. The van der Waals surface area contributed by atoms with Crippen LogP contribution in [0.2, 0.25) is 5.02 Å². The van der Waals surface area contributed by atoms with Gasteiger partial charge >= 0.3 is 11.6 Å². The van der Waals surface area contributed by atoms with Crippen LogP contribution in [0.5, 0.6) is 11.5 Å². The van der Waals surface area contributed by atoms with Gasteiger partial charge in [0.2, 0.25) is 0 Å². The van der Waals surface area contributed by atoms with Gasteiger partial charge in [0.15, 0.2) is 6.61 Å². The molecule has 0 radical (unpaired) electrons. The molecule has 1 heterocycles. The molecule has 0 bridgehead atoms. The van der Waals surface area contributed by atoms with Crippen LogP contribution in [0.3, 0.4) is 0 Å². The maximum absolute atomic E-state index is 11.9. The highest BCUT2D eigenvalue weighted by atomic mass is 35.5. The third kappa shape index (κ3) is 4.00. The lowest BCUT2D eigenvalue weighted by molar-refractivity contribution is -0.136. The number of esters is 1. The number of para-hydroxylation sites is 1. The second-order valence-electron chi connectivity index (χ2n) is 5.30. The van der Waals surface area contributed by atoms with E-state index >= 15 is 0 Å². The molecule has 128 valence electrons. The van der Waals surface area contributed by atoms with E-state index in [9.17, 15) is 9.59 Å². The molecule has 0 aliphatic heterocycles. The van der Waals surface area contributed by atoms with Crippen molar-refractivity contribution in [1.29, 1.82) is 0 Å². The molecular weight excluding hydrogens is 344 g/mol. The zero-order valence-corrected chi connectivity index (χ0v) is 14.2. The summed E-state index contributed by atoms with van der Waals surface area (Å²) in [7, 11) is 0. The lowest BCUT2D eigenvalue weighted by Gasteiger charge is -2.09. The Bertz CT molecular complexity index is 977. The molecule has 0 spiro atoms. The summed E-state index contributed by atoms with van der Waals surface area (Å²) in [6, 6.07) is 13.2. The van der Waals surface area contributed by atoms with E-state index in [-0.39, 0.29) is 12.4 Å². The maximum atomic E-state index is 11.9. The van der Waals surface area contributed by atoms with E-state index in [4.69, 9.17) is 25.5 Å². The van der Waals surface area contributed by atoms with Crippen molar-refractivity contribution in [2.24, 2.45) is 0 Å². The molecule has 3 aromatic rings. The number of hydrogen-bond donors (Lipinski definition) is 0. The summed E-state index contributed by atoms with van der Waals surface area (Å²) >= 11 is 5.96. The third-order valence-electron chi connectivity index (χ3n) is 3.60. The van der Waals surface area contributed by atoms with Crippen LogP contribution in [-0.2, 0) is 11.2 Å². The Labute approximate surface area is 148 Å². The normalized spacial score (nSPS) is 10.6. The smallest absolute Gasteiger partial charge is 0.349 e. The molecule has 6 heteroatoms. The zero-order chi connectivity index (χ0) is 17.8. The minimum Gasteiger partial charge on any atom is -0.480 e. The van der Waals surface area contributed by atoms with Gasteiger partial charge in [0.25, 0.3) is 0 Å². The summed E-state index contributed by atoms with van der Waals surface area (Å²) in [5.74, 6) is 0.0862. The minimum atomic E-state index is -0.590. The minimum absolute atomic E-state index is 0.275. The van der Waals surface area contributed by atoms with Gasteiger partial charge in [-0.1, -0.05) is 30.7 Å².